The number of carboxylic acid groups (broad SMARTS) is 1. The van der Waals surface area contributed by atoms with Crippen molar-refractivity contribution in [2.75, 3.05) is 6.54 Å². The van der Waals surface area contributed by atoms with E-state index in [0.29, 0.717) is 12.2 Å². The van der Waals surface area contributed by atoms with Gasteiger partial charge in [-0.3, -0.25) is 9.78 Å². The fraction of sp³-hybridized carbons (Fsp3) is 0.500. The molecule has 2 rings (SSSR count). The Labute approximate surface area is 117 Å². The number of carbonyl (C=O) groups is 2. The summed E-state index contributed by atoms with van der Waals surface area (Å²) in [6.45, 7) is 0.776. The molecule has 0 aliphatic heterocycles. The molecule has 1 saturated carbocycles. The van der Waals surface area contributed by atoms with Crippen molar-refractivity contribution >= 4 is 11.9 Å². The Morgan fingerprint density at radius 1 is 1.45 bits per heavy atom. The third-order valence-electron chi connectivity index (χ3n) is 3.81. The molecule has 0 spiro atoms. The van der Waals surface area contributed by atoms with Crippen LogP contribution < -0.4 is 11.1 Å². The Hall–Kier alpha value is -1.95. The number of aromatic nitrogens is 1. The summed E-state index contributed by atoms with van der Waals surface area (Å²) in [5.74, 6) is -0.782. The third-order valence-corrected chi connectivity index (χ3v) is 3.81. The number of hydrogen-bond acceptors (Lipinski definition) is 4. The number of nitrogens with one attached hydrogen (secondary N) is 1. The molecule has 1 aromatic heterocycles. The first-order chi connectivity index (χ1) is 9.61. The summed E-state index contributed by atoms with van der Waals surface area (Å²) in [5.41, 5.74) is 6.38. The van der Waals surface area contributed by atoms with Crippen molar-refractivity contribution in [2.24, 2.45) is 17.6 Å². The number of nitrogens with zero attached hydrogens (tertiary/aromatic N) is 1. The Kier molecular flexibility index (Phi) is 4.68. The first kappa shape index (κ1) is 14.5. The molecule has 108 valence electrons. The van der Waals surface area contributed by atoms with E-state index in [9.17, 15) is 9.59 Å². The molecule has 1 heterocycles. The fourth-order valence-corrected chi connectivity index (χ4v) is 2.68. The summed E-state index contributed by atoms with van der Waals surface area (Å²) >= 11 is 0. The van der Waals surface area contributed by atoms with E-state index in [1.165, 1.54) is 18.3 Å². The van der Waals surface area contributed by atoms with Crippen molar-refractivity contribution in [1.29, 1.82) is 0 Å². The molecule has 0 radical (unpaired) electrons. The maximum atomic E-state index is 12.1. The zero-order valence-electron chi connectivity index (χ0n) is 11.2. The summed E-state index contributed by atoms with van der Waals surface area (Å²) in [5, 5.41) is 11.7. The number of carbonyl (C=O) groups excluding carboxylic acids is 1. The quantitative estimate of drug-likeness (QED) is 0.737. The minimum absolute atomic E-state index is 0.0134. The summed E-state index contributed by atoms with van der Waals surface area (Å²) in [4.78, 5) is 27.0. The van der Waals surface area contributed by atoms with Gasteiger partial charge in [-0.15, -0.1) is 0 Å². The minimum atomic E-state index is -1.00. The second-order valence-corrected chi connectivity index (χ2v) is 5.09. The number of pyridine rings is 1. The molecule has 1 aliphatic rings. The lowest BCUT2D eigenvalue weighted by atomic mass is 9.95. The number of aromatic carboxylic acids is 1. The zero-order chi connectivity index (χ0) is 14.5. The van der Waals surface area contributed by atoms with E-state index < -0.39 is 5.97 Å². The zero-order valence-corrected chi connectivity index (χ0v) is 11.2. The van der Waals surface area contributed by atoms with Crippen molar-refractivity contribution in [1.82, 2.24) is 10.3 Å². The lowest BCUT2D eigenvalue weighted by molar-refractivity contribution is -0.126. The molecule has 2 unspecified atom stereocenters. The molecule has 1 aliphatic carbocycles. The first-order valence-corrected chi connectivity index (χ1v) is 6.78. The second-order valence-electron chi connectivity index (χ2n) is 5.09. The van der Waals surface area contributed by atoms with Crippen LogP contribution in [0.15, 0.2) is 18.3 Å². The monoisotopic (exact) mass is 277 g/mol. The van der Waals surface area contributed by atoms with Crippen LogP contribution in [0.4, 0.5) is 0 Å². The lowest BCUT2D eigenvalue weighted by Crippen LogP contribution is -2.34. The number of nitrogens with two attached hydrogens (primary N) is 1. The third kappa shape index (κ3) is 3.33. The highest BCUT2D eigenvalue weighted by Crippen LogP contribution is 2.30. The fourth-order valence-electron chi connectivity index (χ4n) is 2.68. The van der Waals surface area contributed by atoms with E-state index in [4.69, 9.17) is 10.8 Å². The topological polar surface area (TPSA) is 105 Å². The van der Waals surface area contributed by atoms with E-state index in [-0.39, 0.29) is 29.9 Å². The Morgan fingerprint density at radius 3 is 2.95 bits per heavy atom. The molecule has 1 amide bonds. The molecular formula is C14H19N3O3. The van der Waals surface area contributed by atoms with Gasteiger partial charge in [-0.1, -0.05) is 6.42 Å². The molecule has 1 aromatic rings. The van der Waals surface area contributed by atoms with E-state index in [0.717, 1.165) is 19.3 Å². The van der Waals surface area contributed by atoms with Gasteiger partial charge in [0.25, 0.3) is 0 Å². The molecule has 1 fully saturated rings. The van der Waals surface area contributed by atoms with Gasteiger partial charge in [0, 0.05) is 12.1 Å². The van der Waals surface area contributed by atoms with Crippen LogP contribution in [0.2, 0.25) is 0 Å². The van der Waals surface area contributed by atoms with Crippen LogP contribution in [-0.2, 0) is 11.3 Å². The average molecular weight is 277 g/mol. The van der Waals surface area contributed by atoms with Crippen LogP contribution in [0.3, 0.4) is 0 Å². The van der Waals surface area contributed by atoms with Gasteiger partial charge in [-0.2, -0.15) is 0 Å². The van der Waals surface area contributed by atoms with Crippen LogP contribution in [-0.4, -0.2) is 28.5 Å². The standard InChI is InChI=1S/C14H19N3O3/c15-7-10-2-1-3-12(10)13(18)17-8-11-6-9(14(19)20)4-5-16-11/h4-6,10,12H,1-3,7-8,15H2,(H,17,18)(H,19,20). The van der Waals surface area contributed by atoms with Crippen LogP contribution >= 0.6 is 0 Å². The average Bonchev–Trinajstić information content (AvgIpc) is 2.93. The minimum Gasteiger partial charge on any atom is -0.478 e. The molecule has 2 atom stereocenters. The van der Waals surface area contributed by atoms with Gasteiger partial charge in [-0.05, 0) is 37.4 Å². The SMILES string of the molecule is NCC1CCCC1C(=O)NCc1cc(C(=O)O)ccn1. The molecule has 20 heavy (non-hydrogen) atoms. The largest absolute Gasteiger partial charge is 0.478 e. The molecule has 6 nitrogen and oxygen atoms in total. The summed E-state index contributed by atoms with van der Waals surface area (Å²) in [7, 11) is 0. The van der Waals surface area contributed by atoms with Crippen LogP contribution in [0.5, 0.6) is 0 Å². The smallest absolute Gasteiger partial charge is 0.335 e. The van der Waals surface area contributed by atoms with Crippen molar-refractivity contribution in [2.45, 2.75) is 25.8 Å². The highest BCUT2D eigenvalue weighted by atomic mass is 16.4. The Bertz CT molecular complexity index is 504. The van der Waals surface area contributed by atoms with Gasteiger partial charge in [0.05, 0.1) is 17.8 Å². The molecule has 4 N–H and O–H groups in total. The van der Waals surface area contributed by atoms with Gasteiger partial charge in [0.15, 0.2) is 0 Å². The summed E-state index contributed by atoms with van der Waals surface area (Å²) < 4.78 is 0. The molecule has 0 bridgehead atoms. The molecular weight excluding hydrogens is 258 g/mol. The van der Waals surface area contributed by atoms with Gasteiger partial charge in [0.2, 0.25) is 5.91 Å². The highest BCUT2D eigenvalue weighted by molar-refractivity contribution is 5.87. The van der Waals surface area contributed by atoms with Gasteiger partial charge in [-0.25, -0.2) is 4.79 Å². The molecule has 0 aromatic carbocycles. The van der Waals surface area contributed by atoms with Crippen LogP contribution in [0.25, 0.3) is 0 Å². The van der Waals surface area contributed by atoms with Gasteiger partial charge in [0.1, 0.15) is 0 Å². The van der Waals surface area contributed by atoms with Crippen molar-refractivity contribution in [3.05, 3.63) is 29.6 Å². The Morgan fingerprint density at radius 2 is 2.25 bits per heavy atom. The van der Waals surface area contributed by atoms with Gasteiger partial charge >= 0.3 is 5.97 Å². The number of amides is 1. The maximum absolute atomic E-state index is 12.1. The van der Waals surface area contributed by atoms with Gasteiger partial charge < -0.3 is 16.2 Å². The molecule has 6 heteroatoms. The van der Waals surface area contributed by atoms with Crippen molar-refractivity contribution in [3.8, 4) is 0 Å². The van der Waals surface area contributed by atoms with Crippen LogP contribution in [0.1, 0.15) is 35.3 Å². The predicted octanol–water partition coefficient (Wildman–Crippen LogP) is 0.771. The van der Waals surface area contributed by atoms with Crippen LogP contribution in [0, 0.1) is 11.8 Å². The van der Waals surface area contributed by atoms with E-state index in [2.05, 4.69) is 10.3 Å². The number of hydrogen-bond donors (Lipinski definition) is 3. The van der Waals surface area contributed by atoms with E-state index in [1.807, 2.05) is 0 Å². The maximum Gasteiger partial charge on any atom is 0.335 e. The predicted molar refractivity (Wildman–Crippen MR) is 72.9 cm³/mol. The second kappa shape index (κ2) is 6.47. The number of carboxylic acids is 1. The number of rotatable bonds is 5. The summed E-state index contributed by atoms with van der Waals surface area (Å²) in [6.07, 6.45) is 4.34. The lowest BCUT2D eigenvalue weighted by Gasteiger charge is -2.17. The van der Waals surface area contributed by atoms with Crippen molar-refractivity contribution < 1.29 is 14.7 Å². The highest BCUT2D eigenvalue weighted by Gasteiger charge is 2.31. The summed E-state index contributed by atoms with van der Waals surface area (Å²) in [6, 6.07) is 2.90. The first-order valence-electron chi connectivity index (χ1n) is 6.78. The molecule has 0 saturated heterocycles. The van der Waals surface area contributed by atoms with E-state index in [1.54, 1.807) is 0 Å². The Balaban J connectivity index is 1.93. The van der Waals surface area contributed by atoms with E-state index >= 15 is 0 Å². The normalized spacial score (nSPS) is 21.6. The van der Waals surface area contributed by atoms with Crippen molar-refractivity contribution in [3.63, 3.8) is 0 Å².